The second-order valence-corrected chi connectivity index (χ2v) is 3.50. The second kappa shape index (κ2) is 9.50. The van der Waals surface area contributed by atoms with Gasteiger partial charge in [0, 0.05) is 0 Å². The van der Waals surface area contributed by atoms with Gasteiger partial charge in [0.15, 0.2) is 0 Å². The lowest BCUT2D eigenvalue weighted by atomic mass is 10.1. The summed E-state index contributed by atoms with van der Waals surface area (Å²) >= 11 is 0. The van der Waals surface area contributed by atoms with Crippen LogP contribution in [0.1, 0.15) is 58.8 Å². The third-order valence-corrected chi connectivity index (χ3v) is 2.18. The molecule has 0 aliphatic heterocycles. The van der Waals surface area contributed by atoms with Crippen molar-refractivity contribution in [2.45, 2.75) is 58.8 Å². The maximum Gasteiger partial charge on any atom is 0.145 e. The summed E-state index contributed by atoms with van der Waals surface area (Å²) in [6, 6.07) is 0. The normalized spacial score (nSPS) is 11.7. The Kier molecular flexibility index (Phi) is 9.07. The monoisotopic (exact) mass is 182 g/mol. The van der Waals surface area contributed by atoms with Crippen molar-refractivity contribution in [3.8, 4) is 0 Å². The number of aldehydes is 1. The van der Waals surface area contributed by atoms with Crippen LogP contribution in [0, 0.1) is 0 Å². The van der Waals surface area contributed by atoms with Crippen LogP contribution in [0.3, 0.4) is 0 Å². The summed E-state index contributed by atoms with van der Waals surface area (Å²) in [5, 5.41) is 0. The van der Waals surface area contributed by atoms with Gasteiger partial charge in [-0.05, 0) is 31.3 Å². The molecule has 0 N–H and O–H groups in total. The van der Waals surface area contributed by atoms with Crippen molar-refractivity contribution in [3.05, 3.63) is 11.6 Å². The molecule has 0 aliphatic rings. The van der Waals surface area contributed by atoms with E-state index in [1.807, 2.05) is 0 Å². The molecule has 0 aromatic carbocycles. The molecule has 1 heteroatoms. The van der Waals surface area contributed by atoms with Gasteiger partial charge in [-0.1, -0.05) is 39.2 Å². The van der Waals surface area contributed by atoms with E-state index >= 15 is 0 Å². The third kappa shape index (κ3) is 7.76. The zero-order valence-corrected chi connectivity index (χ0v) is 9.01. The van der Waals surface area contributed by atoms with Gasteiger partial charge < -0.3 is 0 Å². The van der Waals surface area contributed by atoms with Gasteiger partial charge in [0.05, 0.1) is 0 Å². The van der Waals surface area contributed by atoms with Crippen LogP contribution in [0.2, 0.25) is 0 Å². The van der Waals surface area contributed by atoms with E-state index in [0.29, 0.717) is 0 Å². The topological polar surface area (TPSA) is 17.1 Å². The van der Waals surface area contributed by atoms with Crippen LogP contribution in [-0.4, -0.2) is 6.29 Å². The molecule has 0 saturated heterocycles. The largest absolute Gasteiger partial charge is 0.298 e. The number of unbranched alkanes of at least 4 members (excludes halogenated alkanes) is 4. The molecular formula is C12H22O. The number of carbonyl (C=O) groups excluding carboxylic acids is 1. The summed E-state index contributed by atoms with van der Waals surface area (Å²) in [4.78, 5) is 10.6. The minimum Gasteiger partial charge on any atom is -0.298 e. The van der Waals surface area contributed by atoms with Crippen molar-refractivity contribution in [2.24, 2.45) is 0 Å². The molecule has 0 rings (SSSR count). The number of rotatable bonds is 8. The van der Waals surface area contributed by atoms with Crippen molar-refractivity contribution in [3.63, 3.8) is 0 Å². The first-order valence-corrected chi connectivity index (χ1v) is 5.49. The van der Waals surface area contributed by atoms with Crippen molar-refractivity contribution in [1.82, 2.24) is 0 Å². The first-order valence-electron chi connectivity index (χ1n) is 5.49. The molecular weight excluding hydrogens is 160 g/mol. The van der Waals surface area contributed by atoms with E-state index in [9.17, 15) is 4.79 Å². The van der Waals surface area contributed by atoms with Gasteiger partial charge in [-0.15, -0.1) is 0 Å². The minimum atomic E-state index is 0.964. The maximum atomic E-state index is 10.6. The number of hydrogen-bond acceptors (Lipinski definition) is 1. The summed E-state index contributed by atoms with van der Waals surface area (Å²) in [7, 11) is 0. The molecule has 0 aromatic heterocycles. The Bertz CT molecular complexity index is 147. The Morgan fingerprint density at radius 1 is 1.08 bits per heavy atom. The Morgan fingerprint density at radius 3 is 2.31 bits per heavy atom. The molecule has 0 atom stereocenters. The molecule has 0 saturated carbocycles. The number of hydrogen-bond donors (Lipinski definition) is 0. The molecule has 13 heavy (non-hydrogen) atoms. The van der Waals surface area contributed by atoms with Crippen molar-refractivity contribution < 1.29 is 4.79 Å². The van der Waals surface area contributed by atoms with Gasteiger partial charge in [0.2, 0.25) is 0 Å². The Morgan fingerprint density at radius 2 is 1.77 bits per heavy atom. The highest BCUT2D eigenvalue weighted by Crippen LogP contribution is 2.08. The van der Waals surface area contributed by atoms with Gasteiger partial charge in [0.1, 0.15) is 6.29 Å². The summed E-state index contributed by atoms with van der Waals surface area (Å²) < 4.78 is 0. The van der Waals surface area contributed by atoms with Crippen LogP contribution >= 0.6 is 0 Å². The fourth-order valence-corrected chi connectivity index (χ4v) is 1.27. The zero-order valence-electron chi connectivity index (χ0n) is 9.01. The van der Waals surface area contributed by atoms with Gasteiger partial charge in [-0.3, -0.25) is 4.79 Å². The van der Waals surface area contributed by atoms with Crippen molar-refractivity contribution in [2.75, 3.05) is 0 Å². The van der Waals surface area contributed by atoms with E-state index in [4.69, 9.17) is 0 Å². The molecule has 0 bridgehead atoms. The smallest absolute Gasteiger partial charge is 0.145 e. The fourth-order valence-electron chi connectivity index (χ4n) is 1.27. The molecule has 0 aromatic rings. The van der Waals surface area contributed by atoms with E-state index < -0.39 is 0 Å². The summed E-state index contributed by atoms with van der Waals surface area (Å²) in [5.74, 6) is 0. The summed E-state index contributed by atoms with van der Waals surface area (Å²) in [6.45, 7) is 4.35. The highest BCUT2D eigenvalue weighted by molar-refractivity contribution is 5.72. The Labute approximate surface area is 82.2 Å². The van der Waals surface area contributed by atoms with Gasteiger partial charge in [-0.2, -0.15) is 0 Å². The zero-order chi connectivity index (χ0) is 9.94. The van der Waals surface area contributed by atoms with E-state index in [-0.39, 0.29) is 0 Å². The average Bonchev–Trinajstić information content (AvgIpc) is 2.17. The predicted octanol–water partition coefficient (Wildman–Crippen LogP) is 3.88. The lowest BCUT2D eigenvalue weighted by Gasteiger charge is -1.98. The van der Waals surface area contributed by atoms with Crippen molar-refractivity contribution >= 4 is 6.29 Å². The fraction of sp³-hybridized carbons (Fsp3) is 0.750. The lowest BCUT2D eigenvalue weighted by Crippen LogP contribution is -1.85. The first kappa shape index (κ1) is 12.4. The van der Waals surface area contributed by atoms with E-state index in [0.717, 1.165) is 31.1 Å². The van der Waals surface area contributed by atoms with Gasteiger partial charge in [-0.25, -0.2) is 0 Å². The van der Waals surface area contributed by atoms with Crippen LogP contribution in [0.15, 0.2) is 11.6 Å². The van der Waals surface area contributed by atoms with E-state index in [2.05, 4.69) is 19.9 Å². The molecule has 76 valence electrons. The molecule has 0 fully saturated rings. The third-order valence-electron chi connectivity index (χ3n) is 2.18. The summed E-state index contributed by atoms with van der Waals surface area (Å²) in [5.41, 5.74) is 0.998. The number of allylic oxidation sites excluding steroid dienone is 2. The number of carbonyl (C=O) groups is 1. The van der Waals surface area contributed by atoms with Crippen LogP contribution in [0.25, 0.3) is 0 Å². The highest BCUT2D eigenvalue weighted by Gasteiger charge is 1.93. The van der Waals surface area contributed by atoms with Crippen LogP contribution < -0.4 is 0 Å². The van der Waals surface area contributed by atoms with Gasteiger partial charge in [0.25, 0.3) is 0 Å². The quantitative estimate of drug-likeness (QED) is 0.316. The average molecular weight is 182 g/mol. The SMILES string of the molecule is CCCCC/C=C(\C=O)CCCC. The molecule has 1 nitrogen and oxygen atoms in total. The molecule has 0 radical (unpaired) electrons. The predicted molar refractivity (Wildman–Crippen MR) is 57.8 cm³/mol. The standard InChI is InChI=1S/C12H22O/c1-3-5-7-8-10-12(11-13)9-6-4-2/h10-11H,3-9H2,1-2H3/b12-10-. The highest BCUT2D eigenvalue weighted by atomic mass is 16.1. The van der Waals surface area contributed by atoms with Gasteiger partial charge >= 0.3 is 0 Å². The van der Waals surface area contributed by atoms with Crippen LogP contribution in [-0.2, 0) is 4.79 Å². The minimum absolute atomic E-state index is 0.964. The molecule has 0 heterocycles. The Hall–Kier alpha value is -0.590. The Balaban J connectivity index is 3.58. The van der Waals surface area contributed by atoms with E-state index in [1.165, 1.54) is 25.7 Å². The molecule has 0 amide bonds. The van der Waals surface area contributed by atoms with E-state index in [1.54, 1.807) is 0 Å². The second-order valence-electron chi connectivity index (χ2n) is 3.50. The lowest BCUT2D eigenvalue weighted by molar-refractivity contribution is -0.105. The molecule has 0 spiro atoms. The molecule has 0 unspecified atom stereocenters. The summed E-state index contributed by atoms with van der Waals surface area (Å²) in [6.07, 6.45) is 11.2. The maximum absolute atomic E-state index is 10.6. The van der Waals surface area contributed by atoms with Crippen LogP contribution in [0.4, 0.5) is 0 Å². The first-order chi connectivity index (χ1) is 6.35. The van der Waals surface area contributed by atoms with Crippen molar-refractivity contribution in [1.29, 1.82) is 0 Å². The molecule has 0 aliphatic carbocycles. The van der Waals surface area contributed by atoms with Crippen LogP contribution in [0.5, 0.6) is 0 Å².